The van der Waals surface area contributed by atoms with Crippen molar-refractivity contribution in [2.45, 2.75) is 18.9 Å². The average molecular weight is 255 g/mol. The fourth-order valence-electron chi connectivity index (χ4n) is 2.31. The van der Waals surface area contributed by atoms with Crippen LogP contribution in [0.4, 0.5) is 0 Å². The SMILES string of the molecule is CNC(Cc1ccccc1)Cc1ccccc1OC. The van der Waals surface area contributed by atoms with Gasteiger partial charge in [0.2, 0.25) is 0 Å². The average Bonchev–Trinajstić information content (AvgIpc) is 2.48. The molecular formula is C17H21NO. The van der Waals surface area contributed by atoms with Crippen molar-refractivity contribution in [3.63, 3.8) is 0 Å². The van der Waals surface area contributed by atoms with E-state index in [0.29, 0.717) is 6.04 Å². The topological polar surface area (TPSA) is 21.3 Å². The van der Waals surface area contributed by atoms with Gasteiger partial charge in [-0.25, -0.2) is 0 Å². The Morgan fingerprint density at radius 1 is 0.947 bits per heavy atom. The molecule has 0 saturated heterocycles. The molecule has 1 N–H and O–H groups in total. The predicted octanol–water partition coefficient (Wildman–Crippen LogP) is 3.07. The predicted molar refractivity (Wildman–Crippen MR) is 79.7 cm³/mol. The minimum atomic E-state index is 0.415. The van der Waals surface area contributed by atoms with Crippen LogP contribution in [0.15, 0.2) is 54.6 Å². The molecule has 0 aliphatic carbocycles. The molecule has 2 heteroatoms. The highest BCUT2D eigenvalue weighted by Crippen LogP contribution is 2.20. The van der Waals surface area contributed by atoms with Crippen LogP contribution >= 0.6 is 0 Å². The number of hydrogen-bond acceptors (Lipinski definition) is 2. The molecule has 2 aromatic rings. The fourth-order valence-corrected chi connectivity index (χ4v) is 2.31. The Morgan fingerprint density at radius 2 is 1.63 bits per heavy atom. The summed E-state index contributed by atoms with van der Waals surface area (Å²) < 4.78 is 5.41. The zero-order valence-electron chi connectivity index (χ0n) is 11.6. The maximum absolute atomic E-state index is 5.41. The summed E-state index contributed by atoms with van der Waals surface area (Å²) in [5, 5.41) is 3.39. The largest absolute Gasteiger partial charge is 0.496 e. The first-order chi connectivity index (χ1) is 9.33. The summed E-state index contributed by atoms with van der Waals surface area (Å²) in [6.45, 7) is 0. The van der Waals surface area contributed by atoms with Crippen molar-refractivity contribution in [2.24, 2.45) is 0 Å². The summed E-state index contributed by atoms with van der Waals surface area (Å²) in [4.78, 5) is 0. The minimum Gasteiger partial charge on any atom is -0.496 e. The third-order valence-corrected chi connectivity index (χ3v) is 3.39. The molecule has 2 aromatic carbocycles. The van der Waals surface area contributed by atoms with Crippen molar-refractivity contribution in [1.82, 2.24) is 5.32 Å². The number of benzene rings is 2. The van der Waals surface area contributed by atoms with E-state index in [1.165, 1.54) is 11.1 Å². The summed E-state index contributed by atoms with van der Waals surface area (Å²) in [6, 6.07) is 19.2. The lowest BCUT2D eigenvalue weighted by Crippen LogP contribution is -2.30. The second-order valence-corrected chi connectivity index (χ2v) is 4.69. The molecule has 0 aromatic heterocycles. The van der Waals surface area contributed by atoms with Gasteiger partial charge in [-0.05, 0) is 37.1 Å². The summed E-state index contributed by atoms with van der Waals surface area (Å²) in [6.07, 6.45) is 1.99. The van der Waals surface area contributed by atoms with E-state index in [4.69, 9.17) is 4.74 Å². The maximum atomic E-state index is 5.41. The molecule has 0 spiro atoms. The van der Waals surface area contributed by atoms with Gasteiger partial charge in [0.1, 0.15) is 5.75 Å². The van der Waals surface area contributed by atoms with Crippen LogP contribution < -0.4 is 10.1 Å². The second kappa shape index (κ2) is 6.95. The van der Waals surface area contributed by atoms with Gasteiger partial charge in [-0.2, -0.15) is 0 Å². The summed E-state index contributed by atoms with van der Waals surface area (Å²) in [7, 11) is 3.74. The van der Waals surface area contributed by atoms with E-state index in [1.807, 2.05) is 19.2 Å². The molecule has 1 atom stereocenters. The van der Waals surface area contributed by atoms with Crippen LogP contribution in [0, 0.1) is 0 Å². The molecule has 0 aliphatic heterocycles. The first kappa shape index (κ1) is 13.6. The standard InChI is InChI=1S/C17H21NO/c1-18-16(12-14-8-4-3-5-9-14)13-15-10-6-7-11-17(15)19-2/h3-11,16,18H,12-13H2,1-2H3. The molecule has 2 rings (SSSR count). The van der Waals surface area contributed by atoms with Crippen molar-refractivity contribution in [3.05, 3.63) is 65.7 Å². The van der Waals surface area contributed by atoms with Crippen LogP contribution in [0.1, 0.15) is 11.1 Å². The van der Waals surface area contributed by atoms with Crippen LogP contribution in [0.3, 0.4) is 0 Å². The van der Waals surface area contributed by atoms with Crippen molar-refractivity contribution in [3.8, 4) is 5.75 Å². The number of para-hydroxylation sites is 1. The zero-order valence-corrected chi connectivity index (χ0v) is 11.6. The van der Waals surface area contributed by atoms with E-state index in [-0.39, 0.29) is 0 Å². The second-order valence-electron chi connectivity index (χ2n) is 4.69. The normalized spacial score (nSPS) is 12.1. The molecule has 2 nitrogen and oxygen atoms in total. The van der Waals surface area contributed by atoms with Crippen LogP contribution in [0.2, 0.25) is 0 Å². The molecular weight excluding hydrogens is 234 g/mol. The summed E-state index contributed by atoms with van der Waals surface area (Å²) in [5.74, 6) is 0.968. The lowest BCUT2D eigenvalue weighted by Gasteiger charge is -2.18. The molecule has 0 amide bonds. The fraction of sp³-hybridized carbons (Fsp3) is 0.294. The van der Waals surface area contributed by atoms with Crippen LogP contribution in [0.25, 0.3) is 0 Å². The Balaban J connectivity index is 2.07. The van der Waals surface area contributed by atoms with Gasteiger partial charge < -0.3 is 10.1 Å². The highest BCUT2D eigenvalue weighted by atomic mass is 16.5. The van der Waals surface area contributed by atoms with Crippen molar-refractivity contribution in [1.29, 1.82) is 0 Å². The van der Waals surface area contributed by atoms with Gasteiger partial charge in [0.05, 0.1) is 7.11 Å². The van der Waals surface area contributed by atoms with Gasteiger partial charge in [-0.3, -0.25) is 0 Å². The van der Waals surface area contributed by atoms with E-state index < -0.39 is 0 Å². The molecule has 1 unspecified atom stereocenters. The number of ether oxygens (including phenoxy) is 1. The van der Waals surface area contributed by atoms with Crippen molar-refractivity contribution in [2.75, 3.05) is 14.2 Å². The van der Waals surface area contributed by atoms with E-state index >= 15 is 0 Å². The monoisotopic (exact) mass is 255 g/mol. The maximum Gasteiger partial charge on any atom is 0.122 e. The molecule has 0 bridgehead atoms. The molecule has 0 aliphatic rings. The van der Waals surface area contributed by atoms with Gasteiger partial charge in [-0.15, -0.1) is 0 Å². The van der Waals surface area contributed by atoms with Gasteiger partial charge >= 0.3 is 0 Å². The minimum absolute atomic E-state index is 0.415. The quantitative estimate of drug-likeness (QED) is 0.856. The third-order valence-electron chi connectivity index (χ3n) is 3.39. The molecule has 0 saturated carbocycles. The Hall–Kier alpha value is -1.80. The Kier molecular flexibility index (Phi) is 4.99. The lowest BCUT2D eigenvalue weighted by molar-refractivity contribution is 0.406. The first-order valence-corrected chi connectivity index (χ1v) is 6.66. The number of methoxy groups -OCH3 is 1. The number of likely N-dealkylation sites (N-methyl/N-ethyl adjacent to an activating group) is 1. The van der Waals surface area contributed by atoms with Gasteiger partial charge in [0.25, 0.3) is 0 Å². The molecule has 0 fully saturated rings. The Labute approximate surface area is 115 Å². The Morgan fingerprint density at radius 3 is 2.32 bits per heavy atom. The van der Waals surface area contributed by atoms with E-state index in [2.05, 4.69) is 47.8 Å². The molecule has 100 valence electrons. The summed E-state index contributed by atoms with van der Waals surface area (Å²) >= 11 is 0. The molecule has 19 heavy (non-hydrogen) atoms. The molecule has 0 radical (unpaired) electrons. The smallest absolute Gasteiger partial charge is 0.122 e. The van der Waals surface area contributed by atoms with Gasteiger partial charge in [0, 0.05) is 6.04 Å². The number of hydrogen-bond donors (Lipinski definition) is 1. The van der Waals surface area contributed by atoms with Crippen molar-refractivity contribution < 1.29 is 4.74 Å². The zero-order chi connectivity index (χ0) is 13.5. The Bertz CT molecular complexity index is 496. The molecule has 0 heterocycles. The highest BCUT2D eigenvalue weighted by molar-refractivity contribution is 5.34. The van der Waals surface area contributed by atoms with E-state index in [9.17, 15) is 0 Å². The number of nitrogens with one attached hydrogen (secondary N) is 1. The van der Waals surface area contributed by atoms with E-state index in [0.717, 1.165) is 18.6 Å². The van der Waals surface area contributed by atoms with Crippen LogP contribution in [-0.2, 0) is 12.8 Å². The highest BCUT2D eigenvalue weighted by Gasteiger charge is 2.11. The third kappa shape index (κ3) is 3.83. The van der Waals surface area contributed by atoms with E-state index in [1.54, 1.807) is 7.11 Å². The first-order valence-electron chi connectivity index (χ1n) is 6.66. The van der Waals surface area contributed by atoms with Crippen LogP contribution in [-0.4, -0.2) is 20.2 Å². The van der Waals surface area contributed by atoms with Crippen LogP contribution in [0.5, 0.6) is 5.75 Å². The summed E-state index contributed by atoms with van der Waals surface area (Å²) in [5.41, 5.74) is 2.61. The van der Waals surface area contributed by atoms with Crippen molar-refractivity contribution >= 4 is 0 Å². The lowest BCUT2D eigenvalue weighted by atomic mass is 9.98. The number of rotatable bonds is 6. The van der Waals surface area contributed by atoms with Gasteiger partial charge in [-0.1, -0.05) is 48.5 Å². The van der Waals surface area contributed by atoms with Gasteiger partial charge in [0.15, 0.2) is 0 Å².